The minimum atomic E-state index is -0.0814. The molecule has 0 bridgehead atoms. The summed E-state index contributed by atoms with van der Waals surface area (Å²) in [4.78, 5) is 18.3. The van der Waals surface area contributed by atoms with Gasteiger partial charge in [0.25, 0.3) is 0 Å². The molecule has 3 aromatic rings. The third kappa shape index (κ3) is 4.34. The molecular weight excluding hydrogens is 480 g/mol. The first-order valence-electron chi connectivity index (χ1n) is 7.84. The van der Waals surface area contributed by atoms with Gasteiger partial charge in [-0.15, -0.1) is 11.3 Å². The molecule has 1 amide bonds. The number of ether oxygens (including phenoxy) is 1. The van der Waals surface area contributed by atoms with Crippen molar-refractivity contribution in [2.45, 2.75) is 20.5 Å². The lowest BCUT2D eigenvalue weighted by Crippen LogP contribution is -2.22. The molecule has 1 aromatic heterocycles. The number of amides is 1. The number of halogens is 2. The van der Waals surface area contributed by atoms with Crippen molar-refractivity contribution in [2.24, 2.45) is 0 Å². The van der Waals surface area contributed by atoms with Gasteiger partial charge in [0, 0.05) is 12.3 Å². The normalized spacial score (nSPS) is 10.6. The molecule has 0 spiro atoms. The van der Waals surface area contributed by atoms with Gasteiger partial charge in [0.05, 0.1) is 20.3 Å². The molecular formula is C19H16Br2N2O2S. The second kappa shape index (κ2) is 8.33. The summed E-state index contributed by atoms with van der Waals surface area (Å²) >= 11 is 8.47. The molecule has 0 fully saturated rings. The molecule has 0 unspecified atom stereocenters. The number of anilines is 2. The zero-order chi connectivity index (χ0) is 18.7. The molecule has 0 aliphatic heterocycles. The number of carbonyl (C=O) groups excluding carboxylic acids is 1. The molecule has 0 atom stereocenters. The number of benzene rings is 2. The smallest absolute Gasteiger partial charge is 0.230 e. The van der Waals surface area contributed by atoms with Crippen LogP contribution in [0.2, 0.25) is 0 Å². The van der Waals surface area contributed by atoms with Crippen molar-refractivity contribution in [1.82, 2.24) is 4.98 Å². The highest BCUT2D eigenvalue weighted by molar-refractivity contribution is 9.11. The number of thiazole rings is 1. The van der Waals surface area contributed by atoms with Gasteiger partial charge in [-0.2, -0.15) is 0 Å². The second-order valence-electron chi connectivity index (χ2n) is 5.66. The van der Waals surface area contributed by atoms with Crippen molar-refractivity contribution in [2.75, 3.05) is 4.90 Å². The van der Waals surface area contributed by atoms with Crippen LogP contribution in [0.5, 0.6) is 5.75 Å². The van der Waals surface area contributed by atoms with Gasteiger partial charge in [0.15, 0.2) is 5.13 Å². The zero-order valence-electron chi connectivity index (χ0n) is 14.2. The van der Waals surface area contributed by atoms with Crippen LogP contribution in [-0.2, 0) is 11.4 Å². The summed E-state index contributed by atoms with van der Waals surface area (Å²) in [5.74, 6) is 0.652. The topological polar surface area (TPSA) is 42.4 Å². The van der Waals surface area contributed by atoms with Gasteiger partial charge in [0.2, 0.25) is 5.91 Å². The Kier molecular flexibility index (Phi) is 6.11. The summed E-state index contributed by atoms with van der Waals surface area (Å²) in [5.41, 5.74) is 2.70. The van der Waals surface area contributed by atoms with Gasteiger partial charge in [-0.05, 0) is 68.6 Å². The van der Waals surface area contributed by atoms with Crippen molar-refractivity contribution in [3.05, 3.63) is 68.0 Å². The van der Waals surface area contributed by atoms with Crippen LogP contribution >= 0.6 is 43.2 Å². The molecule has 0 aliphatic carbocycles. The third-order valence-electron chi connectivity index (χ3n) is 3.57. The summed E-state index contributed by atoms with van der Waals surface area (Å²) in [7, 11) is 0. The Labute approximate surface area is 173 Å². The van der Waals surface area contributed by atoms with Crippen LogP contribution in [0.3, 0.4) is 0 Å². The third-order valence-corrected chi connectivity index (χ3v) is 5.62. The fourth-order valence-corrected chi connectivity index (χ4v) is 4.96. The maximum atomic E-state index is 12.1. The van der Waals surface area contributed by atoms with E-state index in [9.17, 15) is 4.79 Å². The minimum Gasteiger partial charge on any atom is -0.485 e. The molecule has 0 saturated carbocycles. The van der Waals surface area contributed by atoms with Crippen LogP contribution in [0.1, 0.15) is 18.2 Å². The van der Waals surface area contributed by atoms with E-state index in [-0.39, 0.29) is 5.91 Å². The monoisotopic (exact) mass is 494 g/mol. The lowest BCUT2D eigenvalue weighted by molar-refractivity contribution is -0.115. The van der Waals surface area contributed by atoms with E-state index < -0.39 is 0 Å². The summed E-state index contributed by atoms with van der Waals surface area (Å²) in [6, 6.07) is 13.5. The summed E-state index contributed by atoms with van der Waals surface area (Å²) in [5, 5.41) is 2.54. The molecule has 134 valence electrons. The zero-order valence-corrected chi connectivity index (χ0v) is 18.2. The molecule has 26 heavy (non-hydrogen) atoms. The first-order chi connectivity index (χ1) is 12.5. The SMILES string of the molecule is CC(=O)N(c1ccccc1)c1nc(COc2c(Br)cc(C)cc2Br)cs1. The maximum absolute atomic E-state index is 12.1. The van der Waals surface area contributed by atoms with Gasteiger partial charge in [-0.3, -0.25) is 9.69 Å². The van der Waals surface area contributed by atoms with Crippen molar-refractivity contribution in [3.63, 3.8) is 0 Å². The van der Waals surface area contributed by atoms with Gasteiger partial charge < -0.3 is 4.74 Å². The van der Waals surface area contributed by atoms with E-state index in [1.807, 2.05) is 54.8 Å². The van der Waals surface area contributed by atoms with E-state index in [0.29, 0.717) is 11.7 Å². The van der Waals surface area contributed by atoms with E-state index in [1.54, 1.807) is 4.90 Å². The molecule has 0 radical (unpaired) electrons. The fourth-order valence-electron chi connectivity index (χ4n) is 2.44. The van der Waals surface area contributed by atoms with Crippen molar-refractivity contribution in [1.29, 1.82) is 0 Å². The van der Waals surface area contributed by atoms with Crippen molar-refractivity contribution < 1.29 is 9.53 Å². The summed E-state index contributed by atoms with van der Waals surface area (Å²) in [6.07, 6.45) is 0. The molecule has 4 nitrogen and oxygen atoms in total. The van der Waals surface area contributed by atoms with Crippen LogP contribution in [0.15, 0.2) is 56.8 Å². The Morgan fingerprint density at radius 3 is 2.46 bits per heavy atom. The van der Waals surface area contributed by atoms with Crippen LogP contribution in [0, 0.1) is 6.92 Å². The number of hydrogen-bond acceptors (Lipinski definition) is 4. The molecule has 1 heterocycles. The predicted molar refractivity (Wildman–Crippen MR) is 112 cm³/mol. The van der Waals surface area contributed by atoms with Gasteiger partial charge in [-0.25, -0.2) is 4.98 Å². The number of rotatable bonds is 5. The van der Waals surface area contributed by atoms with E-state index >= 15 is 0 Å². The Morgan fingerprint density at radius 1 is 1.19 bits per heavy atom. The fraction of sp³-hybridized carbons (Fsp3) is 0.158. The van der Waals surface area contributed by atoms with Gasteiger partial charge in [-0.1, -0.05) is 18.2 Å². The number of carbonyl (C=O) groups is 1. The first kappa shape index (κ1) is 19.1. The van der Waals surface area contributed by atoms with Crippen LogP contribution < -0.4 is 9.64 Å². The molecule has 0 aliphatic rings. The van der Waals surface area contributed by atoms with Gasteiger partial charge in [0.1, 0.15) is 12.4 Å². The first-order valence-corrected chi connectivity index (χ1v) is 10.3. The molecule has 0 saturated heterocycles. The summed E-state index contributed by atoms with van der Waals surface area (Å²) < 4.78 is 7.68. The Morgan fingerprint density at radius 2 is 1.85 bits per heavy atom. The van der Waals surface area contributed by atoms with E-state index in [2.05, 4.69) is 36.8 Å². The average molecular weight is 496 g/mol. The second-order valence-corrected chi connectivity index (χ2v) is 8.20. The highest BCUT2D eigenvalue weighted by Gasteiger charge is 2.18. The lowest BCUT2D eigenvalue weighted by Gasteiger charge is -2.17. The number of nitrogens with zero attached hydrogens (tertiary/aromatic N) is 2. The summed E-state index contributed by atoms with van der Waals surface area (Å²) in [6.45, 7) is 3.87. The number of aryl methyl sites for hydroxylation is 1. The van der Waals surface area contributed by atoms with Crippen LogP contribution in [-0.4, -0.2) is 10.9 Å². The Bertz CT molecular complexity index is 905. The standard InChI is InChI=1S/C19H16Br2N2O2S/c1-12-8-16(20)18(17(21)9-12)25-10-14-11-26-19(22-14)23(13(2)24)15-6-4-3-5-7-15/h3-9,11H,10H2,1-2H3. The van der Waals surface area contributed by atoms with Crippen molar-refractivity contribution in [3.8, 4) is 5.75 Å². The van der Waals surface area contributed by atoms with E-state index in [1.165, 1.54) is 18.3 Å². The quantitative estimate of drug-likeness (QED) is 0.420. The maximum Gasteiger partial charge on any atom is 0.230 e. The number of aromatic nitrogens is 1. The molecule has 3 rings (SSSR count). The number of para-hydroxylation sites is 1. The highest BCUT2D eigenvalue weighted by atomic mass is 79.9. The predicted octanol–water partition coefficient (Wildman–Crippen LogP) is 6.24. The Hall–Kier alpha value is -1.70. The van der Waals surface area contributed by atoms with Crippen LogP contribution in [0.25, 0.3) is 0 Å². The van der Waals surface area contributed by atoms with Gasteiger partial charge >= 0.3 is 0 Å². The molecule has 0 N–H and O–H groups in total. The number of hydrogen-bond donors (Lipinski definition) is 0. The largest absolute Gasteiger partial charge is 0.485 e. The lowest BCUT2D eigenvalue weighted by atomic mass is 10.2. The molecule has 7 heteroatoms. The minimum absolute atomic E-state index is 0.0814. The Balaban J connectivity index is 1.79. The van der Waals surface area contributed by atoms with Crippen LogP contribution in [0.4, 0.5) is 10.8 Å². The average Bonchev–Trinajstić information content (AvgIpc) is 3.03. The highest BCUT2D eigenvalue weighted by Crippen LogP contribution is 2.35. The van der Waals surface area contributed by atoms with E-state index in [4.69, 9.17) is 4.74 Å². The van der Waals surface area contributed by atoms with Crippen molar-refractivity contribution >= 4 is 59.9 Å². The van der Waals surface area contributed by atoms with E-state index in [0.717, 1.165) is 31.6 Å². The molecule has 2 aromatic carbocycles.